The normalized spacial score (nSPS) is 15.9. The highest BCUT2D eigenvalue weighted by atomic mass is 35.5. The third-order valence-corrected chi connectivity index (χ3v) is 3.68. The van der Waals surface area contributed by atoms with Crippen LogP contribution in [0, 0.1) is 11.3 Å². The molecule has 106 valence electrons. The molecular formula is C16H20ClNOSi. The first-order valence-electron chi connectivity index (χ1n) is 6.47. The van der Waals surface area contributed by atoms with Crippen LogP contribution in [0.5, 0.6) is 0 Å². The Morgan fingerprint density at radius 2 is 1.90 bits per heavy atom. The summed E-state index contributed by atoms with van der Waals surface area (Å²) in [7, 11) is -1.80. The van der Waals surface area contributed by atoms with Gasteiger partial charge in [-0.1, -0.05) is 41.9 Å². The van der Waals surface area contributed by atoms with Gasteiger partial charge in [-0.3, -0.25) is 0 Å². The molecule has 0 aliphatic rings. The molecule has 0 fully saturated rings. The lowest BCUT2D eigenvalue weighted by Crippen LogP contribution is -2.38. The summed E-state index contributed by atoms with van der Waals surface area (Å²) in [5.41, 5.74) is 0.0849. The van der Waals surface area contributed by atoms with Crippen molar-refractivity contribution in [2.45, 2.75) is 32.2 Å². The van der Waals surface area contributed by atoms with Crippen molar-refractivity contribution in [3.05, 3.63) is 53.1 Å². The molecule has 20 heavy (non-hydrogen) atoms. The van der Waals surface area contributed by atoms with Gasteiger partial charge >= 0.3 is 0 Å². The molecule has 0 unspecified atom stereocenters. The van der Waals surface area contributed by atoms with E-state index in [0.29, 0.717) is 5.03 Å². The second-order valence-corrected chi connectivity index (χ2v) is 10.6. The Balaban J connectivity index is 2.85. The van der Waals surface area contributed by atoms with Crippen LogP contribution < -0.4 is 0 Å². The smallest absolute Gasteiger partial charge is 0.186 e. The SMILES string of the molecule is C[C@@](C#N)(/C=C/C(Cl)=C/c1ccccc1)O[Si](C)(C)C. The van der Waals surface area contributed by atoms with E-state index in [-0.39, 0.29) is 0 Å². The summed E-state index contributed by atoms with van der Waals surface area (Å²) >= 11 is 6.17. The van der Waals surface area contributed by atoms with Crippen LogP contribution in [-0.2, 0) is 4.43 Å². The zero-order chi connectivity index (χ0) is 15.2. The van der Waals surface area contributed by atoms with Crippen LogP contribution in [0.4, 0.5) is 0 Å². The maximum Gasteiger partial charge on any atom is 0.186 e. The van der Waals surface area contributed by atoms with Gasteiger partial charge in [-0.15, -0.1) is 0 Å². The van der Waals surface area contributed by atoms with E-state index in [4.69, 9.17) is 16.0 Å². The van der Waals surface area contributed by atoms with Crippen molar-refractivity contribution in [2.24, 2.45) is 0 Å². The fraction of sp³-hybridized carbons (Fsp3) is 0.312. The maximum atomic E-state index is 9.28. The molecule has 0 aliphatic heterocycles. The van der Waals surface area contributed by atoms with Crippen LogP contribution in [0.1, 0.15) is 12.5 Å². The van der Waals surface area contributed by atoms with E-state index in [9.17, 15) is 5.26 Å². The third kappa shape index (κ3) is 6.20. The van der Waals surface area contributed by atoms with Crippen molar-refractivity contribution in [1.29, 1.82) is 5.26 Å². The van der Waals surface area contributed by atoms with Gasteiger partial charge in [0.15, 0.2) is 13.9 Å². The number of halogens is 1. The van der Waals surface area contributed by atoms with Gasteiger partial charge in [-0.2, -0.15) is 5.26 Å². The molecule has 2 nitrogen and oxygen atoms in total. The van der Waals surface area contributed by atoms with E-state index in [2.05, 4.69) is 25.7 Å². The molecule has 1 aromatic carbocycles. The van der Waals surface area contributed by atoms with E-state index in [1.54, 1.807) is 19.1 Å². The highest BCUT2D eigenvalue weighted by molar-refractivity contribution is 6.69. The molecule has 0 aromatic heterocycles. The lowest BCUT2D eigenvalue weighted by Gasteiger charge is -2.27. The first kappa shape index (κ1) is 16.7. The number of benzene rings is 1. The van der Waals surface area contributed by atoms with Crippen molar-refractivity contribution in [2.75, 3.05) is 0 Å². The van der Waals surface area contributed by atoms with Crippen molar-refractivity contribution in [3.8, 4) is 6.07 Å². The van der Waals surface area contributed by atoms with E-state index in [1.165, 1.54) is 0 Å². The number of nitriles is 1. The van der Waals surface area contributed by atoms with Crippen LogP contribution in [0.2, 0.25) is 19.6 Å². The van der Waals surface area contributed by atoms with E-state index in [1.807, 2.05) is 36.4 Å². The summed E-state index contributed by atoms with van der Waals surface area (Å²) in [6, 6.07) is 12.0. The zero-order valence-corrected chi connectivity index (χ0v) is 14.1. The van der Waals surface area contributed by atoms with Crippen molar-refractivity contribution in [1.82, 2.24) is 0 Å². The number of nitrogens with zero attached hydrogens (tertiary/aromatic N) is 1. The largest absolute Gasteiger partial charge is 0.397 e. The topological polar surface area (TPSA) is 33.0 Å². The average molecular weight is 306 g/mol. The Morgan fingerprint density at radius 3 is 2.40 bits per heavy atom. The molecule has 0 spiro atoms. The zero-order valence-electron chi connectivity index (χ0n) is 12.4. The molecule has 0 heterocycles. The molecular weight excluding hydrogens is 286 g/mol. The standard InChI is InChI=1S/C16H20ClNOSi/c1-16(13-18,19-20(2,3)4)11-10-15(17)12-14-8-6-5-7-9-14/h5-12H,1-4H3/b11-10+,15-12-/t16-/m0/s1. The molecule has 0 amide bonds. The minimum atomic E-state index is -1.80. The Hall–Kier alpha value is -1.34. The van der Waals surface area contributed by atoms with E-state index < -0.39 is 13.9 Å². The van der Waals surface area contributed by atoms with Gasteiger partial charge in [0.05, 0.1) is 0 Å². The molecule has 1 aromatic rings. The lowest BCUT2D eigenvalue weighted by molar-refractivity contribution is 0.192. The van der Waals surface area contributed by atoms with Crippen molar-refractivity contribution < 1.29 is 4.43 Å². The van der Waals surface area contributed by atoms with Gasteiger partial charge in [-0.25, -0.2) is 0 Å². The predicted molar refractivity (Wildman–Crippen MR) is 87.9 cm³/mol. The van der Waals surface area contributed by atoms with Gasteiger partial charge in [0.25, 0.3) is 0 Å². The minimum Gasteiger partial charge on any atom is -0.397 e. The van der Waals surface area contributed by atoms with Crippen LogP contribution in [0.15, 0.2) is 47.5 Å². The second kappa shape index (κ2) is 6.89. The predicted octanol–water partition coefficient (Wildman–Crippen LogP) is 4.96. The van der Waals surface area contributed by atoms with Gasteiger partial charge in [0, 0.05) is 5.03 Å². The summed E-state index contributed by atoms with van der Waals surface area (Å²) in [5, 5.41) is 9.85. The molecule has 0 radical (unpaired) electrons. The first-order chi connectivity index (χ1) is 9.24. The van der Waals surface area contributed by atoms with Gasteiger partial charge in [0.2, 0.25) is 0 Å². The number of rotatable bonds is 5. The molecule has 4 heteroatoms. The fourth-order valence-electron chi connectivity index (χ4n) is 1.73. The monoisotopic (exact) mass is 305 g/mol. The Labute approximate surface area is 127 Å². The summed E-state index contributed by atoms with van der Waals surface area (Å²) in [4.78, 5) is 0. The van der Waals surface area contributed by atoms with E-state index in [0.717, 1.165) is 5.56 Å². The number of allylic oxidation sites excluding steroid dienone is 2. The average Bonchev–Trinajstić information content (AvgIpc) is 2.36. The summed E-state index contributed by atoms with van der Waals surface area (Å²) in [5.74, 6) is 0. The fourth-order valence-corrected chi connectivity index (χ4v) is 3.30. The molecule has 0 saturated heterocycles. The minimum absolute atomic E-state index is 0.567. The van der Waals surface area contributed by atoms with Gasteiger partial charge in [-0.05, 0) is 50.4 Å². The number of hydrogen-bond acceptors (Lipinski definition) is 2. The van der Waals surface area contributed by atoms with Gasteiger partial charge in [0.1, 0.15) is 6.07 Å². The molecule has 0 saturated carbocycles. The summed E-state index contributed by atoms with van der Waals surface area (Å²) in [6.07, 6.45) is 5.29. The summed E-state index contributed by atoms with van der Waals surface area (Å²) in [6.45, 7) is 7.92. The number of hydrogen-bond donors (Lipinski definition) is 0. The molecule has 1 rings (SSSR count). The molecule has 0 N–H and O–H groups in total. The second-order valence-electron chi connectivity index (χ2n) is 5.71. The lowest BCUT2D eigenvalue weighted by atomic mass is 10.1. The van der Waals surface area contributed by atoms with Crippen LogP contribution in [-0.4, -0.2) is 13.9 Å². The quantitative estimate of drug-likeness (QED) is 0.569. The van der Waals surface area contributed by atoms with E-state index >= 15 is 0 Å². The molecule has 1 atom stereocenters. The highest BCUT2D eigenvalue weighted by Crippen LogP contribution is 2.21. The first-order valence-corrected chi connectivity index (χ1v) is 10.3. The van der Waals surface area contributed by atoms with Gasteiger partial charge < -0.3 is 4.43 Å². The van der Waals surface area contributed by atoms with Crippen molar-refractivity contribution in [3.63, 3.8) is 0 Å². The highest BCUT2D eigenvalue weighted by Gasteiger charge is 2.29. The van der Waals surface area contributed by atoms with Crippen LogP contribution >= 0.6 is 11.6 Å². The van der Waals surface area contributed by atoms with Crippen LogP contribution in [0.3, 0.4) is 0 Å². The maximum absolute atomic E-state index is 9.28. The van der Waals surface area contributed by atoms with Crippen molar-refractivity contribution >= 4 is 26.0 Å². The van der Waals surface area contributed by atoms with Crippen LogP contribution in [0.25, 0.3) is 6.08 Å². The summed E-state index contributed by atoms with van der Waals surface area (Å²) < 4.78 is 5.88. The Kier molecular flexibility index (Phi) is 5.76. The third-order valence-electron chi connectivity index (χ3n) is 2.40. The molecule has 0 aliphatic carbocycles. The Bertz CT molecular complexity index is 540. The Morgan fingerprint density at radius 1 is 1.30 bits per heavy atom. The molecule has 0 bridgehead atoms.